The average Bonchev–Trinajstić information content (AvgIpc) is 2.98. The molecule has 2 rings (SSSR count). The van der Waals surface area contributed by atoms with Gasteiger partial charge in [0.15, 0.2) is 6.10 Å². The summed E-state index contributed by atoms with van der Waals surface area (Å²) in [5, 5.41) is 2.99. The third-order valence-electron chi connectivity index (χ3n) is 4.12. The van der Waals surface area contributed by atoms with Crippen LogP contribution in [0.4, 0.5) is 0 Å². The first-order valence-corrected chi connectivity index (χ1v) is 7.64. The van der Waals surface area contributed by atoms with E-state index >= 15 is 0 Å². The van der Waals surface area contributed by atoms with Crippen LogP contribution in [0.1, 0.15) is 37.8 Å². The fourth-order valence-corrected chi connectivity index (χ4v) is 2.53. The van der Waals surface area contributed by atoms with Gasteiger partial charge in [0, 0.05) is 6.61 Å². The third-order valence-corrected chi connectivity index (χ3v) is 4.12. The van der Waals surface area contributed by atoms with Gasteiger partial charge in [0.1, 0.15) is 5.75 Å². The van der Waals surface area contributed by atoms with E-state index in [9.17, 15) is 4.79 Å². The Balaban J connectivity index is 1.91. The number of amides is 1. The van der Waals surface area contributed by atoms with E-state index in [1.165, 1.54) is 0 Å². The van der Waals surface area contributed by atoms with Gasteiger partial charge in [-0.2, -0.15) is 0 Å². The largest absolute Gasteiger partial charge is 0.481 e. The molecule has 4 heteroatoms. The van der Waals surface area contributed by atoms with Gasteiger partial charge in [-0.05, 0) is 57.7 Å². The van der Waals surface area contributed by atoms with Crippen molar-refractivity contribution in [2.75, 3.05) is 6.61 Å². The van der Waals surface area contributed by atoms with Crippen molar-refractivity contribution in [1.82, 2.24) is 5.32 Å². The van der Waals surface area contributed by atoms with Crippen LogP contribution in [0.5, 0.6) is 5.75 Å². The minimum atomic E-state index is -0.519. The molecule has 0 bridgehead atoms. The van der Waals surface area contributed by atoms with E-state index in [1.807, 2.05) is 39.0 Å². The average molecular weight is 291 g/mol. The van der Waals surface area contributed by atoms with E-state index in [4.69, 9.17) is 9.47 Å². The Morgan fingerprint density at radius 1 is 1.38 bits per heavy atom. The molecule has 1 aliphatic heterocycles. The van der Waals surface area contributed by atoms with Crippen molar-refractivity contribution in [2.24, 2.45) is 0 Å². The minimum Gasteiger partial charge on any atom is -0.481 e. The predicted molar refractivity (Wildman–Crippen MR) is 82.6 cm³/mol. The Labute approximate surface area is 126 Å². The van der Waals surface area contributed by atoms with Crippen molar-refractivity contribution in [3.8, 4) is 5.75 Å². The molecule has 116 valence electrons. The number of hydrogen-bond donors (Lipinski definition) is 1. The van der Waals surface area contributed by atoms with Gasteiger partial charge in [0.25, 0.3) is 5.91 Å². The van der Waals surface area contributed by atoms with E-state index in [0.29, 0.717) is 0 Å². The first-order valence-electron chi connectivity index (χ1n) is 7.64. The van der Waals surface area contributed by atoms with Crippen molar-refractivity contribution in [1.29, 1.82) is 0 Å². The molecule has 0 spiro atoms. The summed E-state index contributed by atoms with van der Waals surface area (Å²) in [6.45, 7) is 8.59. The SMILES string of the molecule is Cc1cccc(O[C@H](C)C(=O)N[C@H](C)[C@H]2CCCO2)c1C. The van der Waals surface area contributed by atoms with Crippen LogP contribution in [-0.2, 0) is 9.53 Å². The van der Waals surface area contributed by atoms with Crippen molar-refractivity contribution in [3.05, 3.63) is 29.3 Å². The maximum absolute atomic E-state index is 12.2. The lowest BCUT2D eigenvalue weighted by Gasteiger charge is -2.23. The van der Waals surface area contributed by atoms with Crippen LogP contribution in [0.3, 0.4) is 0 Å². The van der Waals surface area contributed by atoms with Crippen LogP contribution in [-0.4, -0.2) is 30.8 Å². The Morgan fingerprint density at radius 2 is 2.14 bits per heavy atom. The van der Waals surface area contributed by atoms with Crippen molar-refractivity contribution < 1.29 is 14.3 Å². The van der Waals surface area contributed by atoms with Gasteiger partial charge in [-0.15, -0.1) is 0 Å². The van der Waals surface area contributed by atoms with E-state index in [-0.39, 0.29) is 18.1 Å². The molecule has 4 nitrogen and oxygen atoms in total. The topological polar surface area (TPSA) is 47.6 Å². The smallest absolute Gasteiger partial charge is 0.261 e. The summed E-state index contributed by atoms with van der Waals surface area (Å²) in [7, 11) is 0. The van der Waals surface area contributed by atoms with Crippen LogP contribution in [0, 0.1) is 13.8 Å². The molecule has 1 aromatic carbocycles. The molecule has 1 aliphatic rings. The second-order valence-corrected chi connectivity index (χ2v) is 5.81. The zero-order valence-corrected chi connectivity index (χ0v) is 13.3. The van der Waals surface area contributed by atoms with Crippen molar-refractivity contribution in [2.45, 2.75) is 58.8 Å². The molecule has 1 heterocycles. The number of nitrogens with one attached hydrogen (secondary N) is 1. The first kappa shape index (κ1) is 15.8. The molecule has 0 unspecified atom stereocenters. The molecule has 0 aromatic heterocycles. The van der Waals surface area contributed by atoms with Gasteiger partial charge < -0.3 is 14.8 Å². The summed E-state index contributed by atoms with van der Waals surface area (Å²) in [6, 6.07) is 5.89. The van der Waals surface area contributed by atoms with Gasteiger partial charge >= 0.3 is 0 Å². The van der Waals surface area contributed by atoms with Crippen LogP contribution >= 0.6 is 0 Å². The highest BCUT2D eigenvalue weighted by atomic mass is 16.5. The van der Waals surface area contributed by atoms with Crippen LogP contribution in [0.2, 0.25) is 0 Å². The van der Waals surface area contributed by atoms with E-state index in [2.05, 4.69) is 5.32 Å². The molecule has 1 aromatic rings. The molecule has 3 atom stereocenters. The van der Waals surface area contributed by atoms with Crippen LogP contribution in [0.15, 0.2) is 18.2 Å². The number of aryl methyl sites for hydroxylation is 1. The molecule has 0 radical (unpaired) electrons. The molecule has 1 saturated heterocycles. The molecule has 21 heavy (non-hydrogen) atoms. The molecule has 0 aliphatic carbocycles. The van der Waals surface area contributed by atoms with Gasteiger partial charge in [0.05, 0.1) is 12.1 Å². The molecule has 1 amide bonds. The second kappa shape index (κ2) is 6.94. The van der Waals surface area contributed by atoms with E-state index in [0.717, 1.165) is 36.3 Å². The van der Waals surface area contributed by atoms with Crippen LogP contribution in [0.25, 0.3) is 0 Å². The van der Waals surface area contributed by atoms with Crippen LogP contribution < -0.4 is 10.1 Å². The molecular weight excluding hydrogens is 266 g/mol. The summed E-state index contributed by atoms with van der Waals surface area (Å²) >= 11 is 0. The highest BCUT2D eigenvalue weighted by molar-refractivity contribution is 5.81. The highest BCUT2D eigenvalue weighted by Gasteiger charge is 2.26. The number of rotatable bonds is 5. The number of ether oxygens (including phenoxy) is 2. The fourth-order valence-electron chi connectivity index (χ4n) is 2.53. The Hall–Kier alpha value is -1.55. The third kappa shape index (κ3) is 3.97. The Bertz CT molecular complexity index is 495. The normalized spacial score (nSPS) is 20.9. The molecule has 0 saturated carbocycles. The van der Waals surface area contributed by atoms with Crippen molar-refractivity contribution in [3.63, 3.8) is 0 Å². The monoisotopic (exact) mass is 291 g/mol. The maximum Gasteiger partial charge on any atom is 0.261 e. The Morgan fingerprint density at radius 3 is 2.81 bits per heavy atom. The van der Waals surface area contributed by atoms with Gasteiger partial charge in [-0.1, -0.05) is 12.1 Å². The standard InChI is InChI=1S/C17H25NO3/c1-11-7-5-8-15(12(11)2)21-14(4)17(19)18-13(3)16-9-6-10-20-16/h5,7-8,13-14,16H,6,9-10H2,1-4H3,(H,18,19)/t13-,14-,16-/m1/s1. The molecule has 1 N–H and O–H groups in total. The summed E-state index contributed by atoms with van der Waals surface area (Å²) < 4.78 is 11.4. The molecule has 1 fully saturated rings. The molecular formula is C17H25NO3. The summed E-state index contributed by atoms with van der Waals surface area (Å²) in [4.78, 5) is 12.2. The zero-order valence-electron chi connectivity index (χ0n) is 13.3. The number of benzene rings is 1. The number of carbonyl (C=O) groups is 1. The Kier molecular flexibility index (Phi) is 5.23. The lowest BCUT2D eigenvalue weighted by atomic mass is 10.1. The lowest BCUT2D eigenvalue weighted by molar-refractivity contribution is -0.128. The van der Waals surface area contributed by atoms with E-state index in [1.54, 1.807) is 6.92 Å². The highest BCUT2D eigenvalue weighted by Crippen LogP contribution is 2.22. The number of carbonyl (C=O) groups excluding carboxylic acids is 1. The first-order chi connectivity index (χ1) is 9.99. The second-order valence-electron chi connectivity index (χ2n) is 5.81. The van der Waals surface area contributed by atoms with E-state index < -0.39 is 6.10 Å². The van der Waals surface area contributed by atoms with Gasteiger partial charge in [-0.25, -0.2) is 0 Å². The summed E-state index contributed by atoms with van der Waals surface area (Å²) in [5.41, 5.74) is 2.23. The quantitative estimate of drug-likeness (QED) is 0.907. The predicted octanol–water partition coefficient (Wildman–Crippen LogP) is 2.75. The zero-order chi connectivity index (χ0) is 15.4. The summed E-state index contributed by atoms with van der Waals surface area (Å²) in [6.07, 6.45) is 1.68. The minimum absolute atomic E-state index is 0.0182. The van der Waals surface area contributed by atoms with Gasteiger partial charge in [-0.3, -0.25) is 4.79 Å². The maximum atomic E-state index is 12.2. The lowest BCUT2D eigenvalue weighted by Crippen LogP contribution is -2.46. The van der Waals surface area contributed by atoms with Crippen molar-refractivity contribution >= 4 is 5.91 Å². The van der Waals surface area contributed by atoms with Gasteiger partial charge in [0.2, 0.25) is 0 Å². The summed E-state index contributed by atoms with van der Waals surface area (Å²) in [5.74, 6) is 0.668. The number of hydrogen-bond acceptors (Lipinski definition) is 3. The fraction of sp³-hybridized carbons (Fsp3) is 0.588.